The fourth-order valence-corrected chi connectivity index (χ4v) is 0.417. The monoisotopic (exact) mass is 250 g/mol. The van der Waals surface area contributed by atoms with E-state index >= 15 is 0 Å². The lowest BCUT2D eigenvalue weighted by Gasteiger charge is -2.03. The number of allylic oxidation sites excluding steroid dienone is 1. The summed E-state index contributed by atoms with van der Waals surface area (Å²) in [6.45, 7) is 2.54. The Balaban J connectivity index is 4.23. The fraction of sp³-hybridized carbons (Fsp3) is 0.250. The lowest BCUT2D eigenvalue weighted by atomic mass is 10.3. The van der Waals surface area contributed by atoms with E-state index in [1.54, 1.807) is 0 Å². The molecule has 0 saturated heterocycles. The van der Waals surface area contributed by atoms with E-state index in [-0.39, 0.29) is 0 Å². The van der Waals surface area contributed by atoms with Gasteiger partial charge in [-0.15, -0.1) is 0 Å². The maximum absolute atomic E-state index is 11.4. The quantitative estimate of drug-likeness (QED) is 0.395. The normalized spacial score (nSPS) is 11.1. The Bertz CT molecular complexity index is 148. The van der Waals surface area contributed by atoms with E-state index in [1.165, 1.54) is 0 Å². The SMILES string of the molecule is C=C(C(=O)I)C(F)(F)F. The molecule has 0 saturated carbocycles. The first-order valence-electron chi connectivity index (χ1n) is 1.81. The molecule has 1 nitrogen and oxygen atoms in total. The molecule has 0 atom stereocenters. The third-order valence-corrected chi connectivity index (χ3v) is 1.23. The van der Waals surface area contributed by atoms with Gasteiger partial charge in [0.2, 0.25) is 3.79 Å². The number of carbonyl (C=O) groups excluding carboxylic acids is 1. The van der Waals surface area contributed by atoms with E-state index in [4.69, 9.17) is 0 Å². The first-order valence-corrected chi connectivity index (χ1v) is 2.89. The van der Waals surface area contributed by atoms with Crippen LogP contribution >= 0.6 is 22.6 Å². The lowest BCUT2D eigenvalue weighted by molar-refractivity contribution is -0.120. The van der Waals surface area contributed by atoms with E-state index in [0.717, 1.165) is 22.6 Å². The van der Waals surface area contributed by atoms with Crippen molar-refractivity contribution in [3.8, 4) is 0 Å². The number of hydrogen-bond donors (Lipinski definition) is 0. The molecule has 0 spiro atoms. The first-order chi connectivity index (χ1) is 3.85. The van der Waals surface area contributed by atoms with Crippen LogP contribution in [0.15, 0.2) is 12.2 Å². The maximum Gasteiger partial charge on any atom is 0.420 e. The van der Waals surface area contributed by atoms with Crippen molar-refractivity contribution in [2.75, 3.05) is 0 Å². The van der Waals surface area contributed by atoms with E-state index in [1.807, 2.05) is 0 Å². The van der Waals surface area contributed by atoms with Gasteiger partial charge in [-0.3, -0.25) is 4.79 Å². The Hall–Kier alpha value is -0.0700. The third kappa shape index (κ3) is 2.83. The Morgan fingerprint density at radius 2 is 1.78 bits per heavy atom. The molecule has 0 rings (SSSR count). The molecule has 5 heteroatoms. The topological polar surface area (TPSA) is 17.1 Å². The van der Waals surface area contributed by atoms with Crippen molar-refractivity contribution < 1.29 is 18.0 Å². The number of alkyl halides is 3. The number of carbonyl (C=O) groups is 1. The number of rotatable bonds is 1. The van der Waals surface area contributed by atoms with E-state index in [0.29, 0.717) is 0 Å². The van der Waals surface area contributed by atoms with Gasteiger partial charge >= 0.3 is 6.18 Å². The molecule has 0 bridgehead atoms. The Kier molecular flexibility index (Phi) is 2.66. The average molecular weight is 250 g/mol. The summed E-state index contributed by atoms with van der Waals surface area (Å²) in [6, 6.07) is 0. The first kappa shape index (κ1) is 8.93. The standard InChI is InChI=1S/C4H2F3IO/c1-2(3(8)9)4(5,6)7/h1H2. The van der Waals surface area contributed by atoms with Crippen molar-refractivity contribution in [1.82, 2.24) is 0 Å². The van der Waals surface area contributed by atoms with Crippen LogP contribution in [0.4, 0.5) is 13.2 Å². The molecule has 52 valence electrons. The highest BCUT2D eigenvalue weighted by molar-refractivity contribution is 14.1. The minimum absolute atomic E-state index is 1.04. The summed E-state index contributed by atoms with van der Waals surface area (Å²) in [6.07, 6.45) is -4.57. The minimum Gasteiger partial charge on any atom is -0.282 e. The second kappa shape index (κ2) is 2.68. The maximum atomic E-state index is 11.4. The van der Waals surface area contributed by atoms with Gasteiger partial charge in [0.1, 0.15) is 5.57 Å². The second-order valence-electron chi connectivity index (χ2n) is 1.25. The molecule has 0 aromatic rings. The zero-order chi connectivity index (χ0) is 7.65. The van der Waals surface area contributed by atoms with Gasteiger partial charge in [-0.25, -0.2) is 0 Å². The zero-order valence-electron chi connectivity index (χ0n) is 4.13. The van der Waals surface area contributed by atoms with Crippen molar-refractivity contribution in [2.45, 2.75) is 6.18 Å². The summed E-state index contributed by atoms with van der Waals surface area (Å²) < 4.78 is 33.1. The molecule has 0 N–H and O–H groups in total. The van der Waals surface area contributed by atoms with E-state index < -0.39 is 15.5 Å². The minimum atomic E-state index is -4.57. The van der Waals surface area contributed by atoms with Crippen LogP contribution in [-0.4, -0.2) is 9.97 Å². The molecule has 0 amide bonds. The molecule has 0 fully saturated rings. The molecule has 0 aliphatic carbocycles. The molecule has 0 heterocycles. The summed E-state index contributed by atoms with van der Waals surface area (Å²) in [4.78, 5) is 9.96. The predicted octanol–water partition coefficient (Wildman–Crippen LogP) is 2.07. The smallest absolute Gasteiger partial charge is 0.282 e. The molecule has 0 aromatic carbocycles. The van der Waals surface area contributed by atoms with Gasteiger partial charge < -0.3 is 0 Å². The predicted molar refractivity (Wildman–Crippen MR) is 34.2 cm³/mol. The van der Waals surface area contributed by atoms with Gasteiger partial charge in [0.15, 0.2) is 0 Å². The van der Waals surface area contributed by atoms with Gasteiger partial charge in [0.25, 0.3) is 0 Å². The van der Waals surface area contributed by atoms with E-state index in [2.05, 4.69) is 6.58 Å². The summed E-state index contributed by atoms with van der Waals surface area (Å²) in [5.74, 6) is 0. The highest BCUT2D eigenvalue weighted by Gasteiger charge is 2.35. The van der Waals surface area contributed by atoms with Crippen molar-refractivity contribution >= 4 is 26.4 Å². The molecule has 0 radical (unpaired) electrons. The van der Waals surface area contributed by atoms with Crippen molar-refractivity contribution in [3.63, 3.8) is 0 Å². The molecule has 0 unspecified atom stereocenters. The van der Waals surface area contributed by atoms with Crippen LogP contribution < -0.4 is 0 Å². The van der Waals surface area contributed by atoms with Crippen LogP contribution in [0.1, 0.15) is 0 Å². The van der Waals surface area contributed by atoms with Crippen LogP contribution in [0, 0.1) is 0 Å². The number of hydrogen-bond acceptors (Lipinski definition) is 1. The van der Waals surface area contributed by atoms with Crippen LogP contribution in [0.5, 0.6) is 0 Å². The van der Waals surface area contributed by atoms with Crippen molar-refractivity contribution in [1.29, 1.82) is 0 Å². The summed E-state index contributed by atoms with van der Waals surface area (Å²) in [5, 5.41) is 0. The molecular formula is C4H2F3IO. The molecule has 9 heavy (non-hydrogen) atoms. The van der Waals surface area contributed by atoms with Gasteiger partial charge in [0.05, 0.1) is 0 Å². The Morgan fingerprint density at radius 3 is 1.78 bits per heavy atom. The summed E-state index contributed by atoms with van der Waals surface area (Å²) in [7, 11) is 0. The van der Waals surface area contributed by atoms with Crippen LogP contribution in [0.3, 0.4) is 0 Å². The van der Waals surface area contributed by atoms with Gasteiger partial charge in [-0.2, -0.15) is 13.2 Å². The average Bonchev–Trinajstić information content (AvgIpc) is 1.62. The van der Waals surface area contributed by atoms with Crippen LogP contribution in [0.25, 0.3) is 0 Å². The zero-order valence-corrected chi connectivity index (χ0v) is 6.28. The van der Waals surface area contributed by atoms with Gasteiger partial charge in [0, 0.05) is 22.6 Å². The Morgan fingerprint density at radius 1 is 1.44 bits per heavy atom. The summed E-state index contributed by atoms with van der Waals surface area (Å²) >= 11 is 1.04. The highest BCUT2D eigenvalue weighted by atomic mass is 127. The Labute approximate surface area is 63.1 Å². The second-order valence-corrected chi connectivity index (χ2v) is 2.23. The number of halogens is 4. The van der Waals surface area contributed by atoms with Gasteiger partial charge in [-0.05, 0) is 0 Å². The summed E-state index contributed by atoms with van der Waals surface area (Å²) in [5.41, 5.74) is -1.32. The van der Waals surface area contributed by atoms with Gasteiger partial charge in [-0.1, -0.05) is 6.58 Å². The highest BCUT2D eigenvalue weighted by Crippen LogP contribution is 2.25. The van der Waals surface area contributed by atoms with Crippen molar-refractivity contribution in [3.05, 3.63) is 12.2 Å². The molecule has 0 aliphatic heterocycles. The molecule has 0 aromatic heterocycles. The van der Waals surface area contributed by atoms with Crippen LogP contribution in [-0.2, 0) is 4.79 Å². The van der Waals surface area contributed by atoms with Crippen LogP contribution in [0.2, 0.25) is 0 Å². The molecule has 0 aliphatic rings. The molecular weight excluding hydrogens is 248 g/mol. The van der Waals surface area contributed by atoms with Crippen molar-refractivity contribution in [2.24, 2.45) is 0 Å². The van der Waals surface area contributed by atoms with E-state index in [9.17, 15) is 18.0 Å². The largest absolute Gasteiger partial charge is 0.420 e. The third-order valence-electron chi connectivity index (χ3n) is 0.579. The fourth-order valence-electron chi connectivity index (χ4n) is 0.111. The lowest BCUT2D eigenvalue weighted by Crippen LogP contribution is -2.14.